The third-order valence-electron chi connectivity index (χ3n) is 5.03. The predicted octanol–water partition coefficient (Wildman–Crippen LogP) is 6.58. The standard InChI is InChI=1S/C26H24N2OS/c1-17-10-13-20(14-11-17)25-23(28-26(30-25)21-7-5-4-6-8-21)16-24(29)27-22-15-18(2)9-12-19(22)3/h4-15H,16H2,1-3H3,(H,27,29). The summed E-state index contributed by atoms with van der Waals surface area (Å²) in [4.78, 5) is 18.8. The van der Waals surface area contributed by atoms with Gasteiger partial charge in [0.2, 0.25) is 5.91 Å². The van der Waals surface area contributed by atoms with Crippen molar-refractivity contribution in [2.45, 2.75) is 27.2 Å². The van der Waals surface area contributed by atoms with Crippen LogP contribution in [0.2, 0.25) is 0 Å². The number of aromatic nitrogens is 1. The number of carbonyl (C=O) groups is 1. The number of thiazole rings is 1. The number of nitrogens with zero attached hydrogens (tertiary/aromatic N) is 1. The fourth-order valence-corrected chi connectivity index (χ4v) is 4.42. The van der Waals surface area contributed by atoms with Crippen LogP contribution in [0.4, 0.5) is 5.69 Å². The summed E-state index contributed by atoms with van der Waals surface area (Å²) in [5.74, 6) is -0.0537. The van der Waals surface area contributed by atoms with Gasteiger partial charge in [0.25, 0.3) is 0 Å². The van der Waals surface area contributed by atoms with Crippen LogP contribution >= 0.6 is 11.3 Å². The number of hydrogen-bond donors (Lipinski definition) is 1. The van der Waals surface area contributed by atoms with Crippen molar-refractivity contribution < 1.29 is 4.79 Å². The van der Waals surface area contributed by atoms with Gasteiger partial charge in [0.15, 0.2) is 0 Å². The number of aryl methyl sites for hydroxylation is 3. The van der Waals surface area contributed by atoms with Gasteiger partial charge in [0.05, 0.1) is 17.0 Å². The molecule has 150 valence electrons. The van der Waals surface area contributed by atoms with Crippen molar-refractivity contribution in [3.63, 3.8) is 0 Å². The SMILES string of the molecule is Cc1ccc(-c2sc(-c3ccccc3)nc2CC(=O)Nc2cc(C)ccc2C)cc1. The average molecular weight is 413 g/mol. The van der Waals surface area contributed by atoms with Gasteiger partial charge in [-0.2, -0.15) is 0 Å². The third-order valence-corrected chi connectivity index (χ3v) is 6.22. The van der Waals surface area contributed by atoms with E-state index in [9.17, 15) is 4.79 Å². The largest absolute Gasteiger partial charge is 0.325 e. The van der Waals surface area contributed by atoms with E-state index in [0.29, 0.717) is 0 Å². The molecule has 3 nitrogen and oxygen atoms in total. The highest BCUT2D eigenvalue weighted by molar-refractivity contribution is 7.18. The van der Waals surface area contributed by atoms with E-state index in [1.165, 1.54) is 5.56 Å². The molecule has 0 atom stereocenters. The zero-order valence-corrected chi connectivity index (χ0v) is 18.2. The van der Waals surface area contributed by atoms with Gasteiger partial charge in [-0.1, -0.05) is 72.3 Å². The number of hydrogen-bond acceptors (Lipinski definition) is 3. The number of carbonyl (C=O) groups excluding carboxylic acids is 1. The molecule has 0 bridgehead atoms. The maximum atomic E-state index is 12.9. The molecule has 0 aliphatic heterocycles. The Kier molecular flexibility index (Phi) is 5.77. The van der Waals surface area contributed by atoms with Crippen LogP contribution in [0.5, 0.6) is 0 Å². The van der Waals surface area contributed by atoms with E-state index in [2.05, 4.69) is 48.6 Å². The van der Waals surface area contributed by atoms with E-state index >= 15 is 0 Å². The van der Waals surface area contributed by atoms with Gasteiger partial charge < -0.3 is 5.32 Å². The molecule has 1 aromatic heterocycles. The van der Waals surface area contributed by atoms with E-state index in [0.717, 1.165) is 43.5 Å². The highest BCUT2D eigenvalue weighted by atomic mass is 32.1. The number of anilines is 1. The molecule has 4 aromatic rings. The second-order valence-electron chi connectivity index (χ2n) is 7.57. The van der Waals surface area contributed by atoms with Crippen molar-refractivity contribution in [1.29, 1.82) is 0 Å². The highest BCUT2D eigenvalue weighted by Gasteiger charge is 2.17. The number of amides is 1. The Morgan fingerprint density at radius 1 is 0.867 bits per heavy atom. The van der Waals surface area contributed by atoms with Gasteiger partial charge in [-0.25, -0.2) is 4.98 Å². The molecule has 1 heterocycles. The minimum absolute atomic E-state index is 0.0537. The molecule has 0 aliphatic carbocycles. The van der Waals surface area contributed by atoms with Gasteiger partial charge in [0, 0.05) is 11.3 Å². The summed E-state index contributed by atoms with van der Waals surface area (Å²) < 4.78 is 0. The van der Waals surface area contributed by atoms with Crippen LogP contribution in [0.15, 0.2) is 72.8 Å². The number of rotatable bonds is 5. The molecular formula is C26H24N2OS. The lowest BCUT2D eigenvalue weighted by Crippen LogP contribution is -2.16. The zero-order valence-electron chi connectivity index (χ0n) is 17.4. The second kappa shape index (κ2) is 8.64. The van der Waals surface area contributed by atoms with Crippen LogP contribution in [0, 0.1) is 20.8 Å². The highest BCUT2D eigenvalue weighted by Crippen LogP contribution is 2.36. The first-order valence-electron chi connectivity index (χ1n) is 9.99. The molecule has 4 heteroatoms. The van der Waals surface area contributed by atoms with Crippen LogP contribution in [-0.4, -0.2) is 10.9 Å². The molecule has 0 unspecified atom stereocenters. The molecule has 30 heavy (non-hydrogen) atoms. The minimum Gasteiger partial charge on any atom is -0.325 e. The van der Waals surface area contributed by atoms with Crippen LogP contribution < -0.4 is 5.32 Å². The monoisotopic (exact) mass is 412 g/mol. The van der Waals surface area contributed by atoms with Crippen molar-refractivity contribution in [3.8, 4) is 21.0 Å². The van der Waals surface area contributed by atoms with Gasteiger partial charge >= 0.3 is 0 Å². The lowest BCUT2D eigenvalue weighted by atomic mass is 10.1. The number of nitrogens with one attached hydrogen (secondary N) is 1. The average Bonchev–Trinajstić information content (AvgIpc) is 3.15. The Balaban J connectivity index is 1.67. The van der Waals surface area contributed by atoms with Crippen molar-refractivity contribution in [2.24, 2.45) is 0 Å². The van der Waals surface area contributed by atoms with Gasteiger partial charge in [0.1, 0.15) is 5.01 Å². The van der Waals surface area contributed by atoms with Crippen molar-refractivity contribution in [1.82, 2.24) is 4.98 Å². The maximum absolute atomic E-state index is 12.9. The van der Waals surface area contributed by atoms with Gasteiger partial charge in [-0.15, -0.1) is 11.3 Å². The summed E-state index contributed by atoms with van der Waals surface area (Å²) in [6.45, 7) is 6.10. The first-order valence-corrected chi connectivity index (χ1v) is 10.8. The first kappa shape index (κ1) is 20.0. The Bertz CT molecular complexity index is 1180. The summed E-state index contributed by atoms with van der Waals surface area (Å²) in [5, 5.41) is 3.99. The van der Waals surface area contributed by atoms with Crippen molar-refractivity contribution in [2.75, 3.05) is 5.32 Å². The molecule has 0 aliphatic rings. The van der Waals surface area contributed by atoms with Crippen LogP contribution in [0.25, 0.3) is 21.0 Å². The Labute approximate surface area is 181 Å². The van der Waals surface area contributed by atoms with Crippen molar-refractivity contribution in [3.05, 3.63) is 95.2 Å². The predicted molar refractivity (Wildman–Crippen MR) is 126 cm³/mol. The summed E-state index contributed by atoms with van der Waals surface area (Å²) in [5.41, 5.74) is 7.21. The van der Waals surface area contributed by atoms with Crippen LogP contribution in [0.3, 0.4) is 0 Å². The maximum Gasteiger partial charge on any atom is 0.230 e. The lowest BCUT2D eigenvalue weighted by Gasteiger charge is -2.09. The topological polar surface area (TPSA) is 42.0 Å². The normalized spacial score (nSPS) is 10.8. The van der Waals surface area contributed by atoms with Crippen LogP contribution in [-0.2, 0) is 11.2 Å². The smallest absolute Gasteiger partial charge is 0.230 e. The van der Waals surface area contributed by atoms with Gasteiger partial charge in [-0.05, 0) is 43.5 Å². The molecular weight excluding hydrogens is 388 g/mol. The summed E-state index contributed by atoms with van der Waals surface area (Å²) in [6.07, 6.45) is 0.236. The molecule has 0 saturated heterocycles. The first-order chi connectivity index (χ1) is 14.5. The molecule has 0 radical (unpaired) electrons. The fraction of sp³-hybridized carbons (Fsp3) is 0.154. The second-order valence-corrected chi connectivity index (χ2v) is 8.57. The molecule has 3 aromatic carbocycles. The van der Waals surface area contributed by atoms with Crippen LogP contribution in [0.1, 0.15) is 22.4 Å². The van der Waals surface area contributed by atoms with E-state index in [4.69, 9.17) is 4.98 Å². The van der Waals surface area contributed by atoms with E-state index in [1.807, 2.05) is 50.2 Å². The molecule has 0 saturated carbocycles. The lowest BCUT2D eigenvalue weighted by molar-refractivity contribution is -0.115. The minimum atomic E-state index is -0.0537. The summed E-state index contributed by atoms with van der Waals surface area (Å²) in [7, 11) is 0. The number of benzene rings is 3. The van der Waals surface area contributed by atoms with E-state index < -0.39 is 0 Å². The summed E-state index contributed by atoms with van der Waals surface area (Å²) in [6, 6.07) is 24.6. The molecule has 0 fully saturated rings. The van der Waals surface area contributed by atoms with Gasteiger partial charge in [-0.3, -0.25) is 4.79 Å². The van der Waals surface area contributed by atoms with E-state index in [1.54, 1.807) is 11.3 Å². The summed E-state index contributed by atoms with van der Waals surface area (Å²) >= 11 is 1.63. The molecule has 1 N–H and O–H groups in total. The van der Waals surface area contributed by atoms with E-state index in [-0.39, 0.29) is 12.3 Å². The fourth-order valence-electron chi connectivity index (χ4n) is 3.32. The Morgan fingerprint density at radius 3 is 2.30 bits per heavy atom. The zero-order chi connectivity index (χ0) is 21.1. The molecule has 4 rings (SSSR count). The Hall–Kier alpha value is -3.24. The van der Waals surface area contributed by atoms with Crippen molar-refractivity contribution >= 4 is 22.9 Å². The third kappa shape index (κ3) is 4.50. The quantitative estimate of drug-likeness (QED) is 0.402. The molecule has 1 amide bonds. The Morgan fingerprint density at radius 2 is 1.57 bits per heavy atom. The molecule has 0 spiro atoms.